The number of rotatable bonds is 3. The SMILES string of the molecule is CN(C(=O)CC1CCS(=O)(=O)C1)C1CC2CCC(C1)N2. The molecule has 3 aliphatic rings. The van der Waals surface area contributed by atoms with E-state index in [2.05, 4.69) is 5.32 Å². The number of sulfone groups is 1. The number of nitrogens with one attached hydrogen (secondary N) is 1. The van der Waals surface area contributed by atoms with E-state index in [1.165, 1.54) is 12.8 Å². The zero-order valence-electron chi connectivity index (χ0n) is 12.0. The number of carbonyl (C=O) groups is 1. The van der Waals surface area contributed by atoms with Gasteiger partial charge in [-0.05, 0) is 38.0 Å². The molecule has 6 heteroatoms. The van der Waals surface area contributed by atoms with Gasteiger partial charge in [0, 0.05) is 31.6 Å². The summed E-state index contributed by atoms with van der Waals surface area (Å²) in [5, 5.41) is 3.58. The first-order chi connectivity index (χ1) is 9.43. The predicted molar refractivity (Wildman–Crippen MR) is 77.1 cm³/mol. The van der Waals surface area contributed by atoms with Crippen LogP contribution in [-0.2, 0) is 14.6 Å². The van der Waals surface area contributed by atoms with Gasteiger partial charge in [-0.3, -0.25) is 4.79 Å². The van der Waals surface area contributed by atoms with Crippen LogP contribution < -0.4 is 5.32 Å². The van der Waals surface area contributed by atoms with Crippen LogP contribution in [0.2, 0.25) is 0 Å². The van der Waals surface area contributed by atoms with E-state index in [1.807, 2.05) is 11.9 Å². The van der Waals surface area contributed by atoms with Crippen LogP contribution >= 0.6 is 0 Å². The van der Waals surface area contributed by atoms with E-state index in [-0.39, 0.29) is 23.3 Å². The van der Waals surface area contributed by atoms with Crippen LogP contribution in [0.3, 0.4) is 0 Å². The maximum atomic E-state index is 12.4. The molecular weight excluding hydrogens is 276 g/mol. The molecule has 1 amide bonds. The van der Waals surface area contributed by atoms with Crippen LogP contribution in [0.25, 0.3) is 0 Å². The van der Waals surface area contributed by atoms with Crippen molar-refractivity contribution >= 4 is 15.7 Å². The normalized spacial score (nSPS) is 38.9. The molecule has 3 rings (SSSR count). The Labute approximate surface area is 121 Å². The molecule has 3 atom stereocenters. The molecule has 3 fully saturated rings. The van der Waals surface area contributed by atoms with Crippen molar-refractivity contribution in [2.24, 2.45) is 5.92 Å². The van der Waals surface area contributed by atoms with Gasteiger partial charge in [-0.1, -0.05) is 0 Å². The average Bonchev–Trinajstić information content (AvgIpc) is 2.90. The molecule has 20 heavy (non-hydrogen) atoms. The maximum Gasteiger partial charge on any atom is 0.222 e. The second kappa shape index (κ2) is 5.30. The molecule has 0 aromatic rings. The molecule has 0 aliphatic carbocycles. The van der Waals surface area contributed by atoms with Gasteiger partial charge < -0.3 is 10.2 Å². The summed E-state index contributed by atoms with van der Waals surface area (Å²) in [5.41, 5.74) is 0. The number of nitrogens with zero attached hydrogens (tertiary/aromatic N) is 1. The van der Waals surface area contributed by atoms with Crippen LogP contribution in [-0.4, -0.2) is 55.9 Å². The number of carbonyl (C=O) groups excluding carboxylic acids is 1. The lowest BCUT2D eigenvalue weighted by Gasteiger charge is -2.36. The molecule has 1 N–H and O–H groups in total. The molecular formula is C14H24N2O3S. The summed E-state index contributed by atoms with van der Waals surface area (Å²) in [5.74, 6) is 0.614. The molecule has 5 nitrogen and oxygen atoms in total. The van der Waals surface area contributed by atoms with Crippen LogP contribution in [0.15, 0.2) is 0 Å². The Balaban J connectivity index is 1.54. The van der Waals surface area contributed by atoms with Gasteiger partial charge in [0.15, 0.2) is 9.84 Å². The smallest absolute Gasteiger partial charge is 0.222 e. The summed E-state index contributed by atoms with van der Waals surface area (Å²) in [4.78, 5) is 14.2. The highest BCUT2D eigenvalue weighted by Gasteiger charge is 2.37. The van der Waals surface area contributed by atoms with Gasteiger partial charge in [0.25, 0.3) is 0 Å². The van der Waals surface area contributed by atoms with Crippen molar-refractivity contribution in [2.45, 2.75) is 56.7 Å². The number of piperidine rings is 1. The zero-order chi connectivity index (χ0) is 14.3. The lowest BCUT2D eigenvalue weighted by molar-refractivity contribution is -0.133. The van der Waals surface area contributed by atoms with Crippen LogP contribution in [0.4, 0.5) is 0 Å². The maximum absolute atomic E-state index is 12.4. The van der Waals surface area contributed by atoms with Crippen molar-refractivity contribution in [1.29, 1.82) is 0 Å². The van der Waals surface area contributed by atoms with E-state index in [0.29, 0.717) is 31.0 Å². The topological polar surface area (TPSA) is 66.5 Å². The van der Waals surface area contributed by atoms with Gasteiger partial charge >= 0.3 is 0 Å². The second-order valence-electron chi connectivity index (χ2n) is 6.74. The molecule has 0 aromatic carbocycles. The summed E-state index contributed by atoms with van der Waals surface area (Å²) in [7, 11) is -0.990. The fourth-order valence-electron chi connectivity index (χ4n) is 3.97. The predicted octanol–water partition coefficient (Wildman–Crippen LogP) is 0.553. The van der Waals surface area contributed by atoms with E-state index >= 15 is 0 Å². The average molecular weight is 300 g/mol. The number of hydrogen-bond donors (Lipinski definition) is 1. The fraction of sp³-hybridized carbons (Fsp3) is 0.929. The Morgan fingerprint density at radius 3 is 2.40 bits per heavy atom. The quantitative estimate of drug-likeness (QED) is 0.827. The highest BCUT2D eigenvalue weighted by atomic mass is 32.2. The molecule has 3 unspecified atom stereocenters. The Kier molecular flexibility index (Phi) is 3.79. The van der Waals surface area contributed by atoms with E-state index < -0.39 is 9.84 Å². The molecule has 3 heterocycles. The molecule has 2 bridgehead atoms. The number of amides is 1. The second-order valence-corrected chi connectivity index (χ2v) is 8.97. The summed E-state index contributed by atoms with van der Waals surface area (Å²) in [6.07, 6.45) is 5.59. The highest BCUT2D eigenvalue weighted by Crippen LogP contribution is 2.30. The van der Waals surface area contributed by atoms with Gasteiger partial charge in [-0.25, -0.2) is 8.42 Å². The minimum Gasteiger partial charge on any atom is -0.343 e. The zero-order valence-corrected chi connectivity index (χ0v) is 12.9. The van der Waals surface area contributed by atoms with Crippen molar-refractivity contribution in [3.05, 3.63) is 0 Å². The monoisotopic (exact) mass is 300 g/mol. The Hall–Kier alpha value is -0.620. The summed E-state index contributed by atoms with van der Waals surface area (Å²) >= 11 is 0. The number of fused-ring (bicyclic) bond motifs is 2. The Bertz CT molecular complexity index is 479. The third kappa shape index (κ3) is 3.01. The highest BCUT2D eigenvalue weighted by molar-refractivity contribution is 7.91. The van der Waals surface area contributed by atoms with E-state index in [4.69, 9.17) is 0 Å². The van der Waals surface area contributed by atoms with Gasteiger partial charge in [0.05, 0.1) is 11.5 Å². The van der Waals surface area contributed by atoms with Crippen molar-refractivity contribution in [3.8, 4) is 0 Å². The standard InChI is InChI=1S/C14H24N2O3S/c1-16(13-7-11-2-3-12(8-13)15-11)14(17)6-10-4-5-20(18,19)9-10/h10-13,15H,2-9H2,1H3. The first-order valence-electron chi connectivity index (χ1n) is 7.65. The molecule has 0 saturated carbocycles. The van der Waals surface area contributed by atoms with Gasteiger partial charge in [0.1, 0.15) is 0 Å². The third-order valence-electron chi connectivity index (χ3n) is 5.18. The summed E-state index contributed by atoms with van der Waals surface area (Å²) in [6, 6.07) is 1.47. The number of hydrogen-bond acceptors (Lipinski definition) is 4. The molecule has 0 radical (unpaired) electrons. The molecule has 0 spiro atoms. The van der Waals surface area contributed by atoms with E-state index in [1.54, 1.807) is 0 Å². The Morgan fingerprint density at radius 2 is 1.85 bits per heavy atom. The van der Waals surface area contributed by atoms with Crippen LogP contribution in [0.5, 0.6) is 0 Å². The Morgan fingerprint density at radius 1 is 1.20 bits per heavy atom. The first kappa shape index (κ1) is 14.3. The van der Waals surface area contributed by atoms with Crippen LogP contribution in [0.1, 0.15) is 38.5 Å². The molecule has 0 aromatic heterocycles. The molecule has 3 aliphatic heterocycles. The van der Waals surface area contributed by atoms with Crippen molar-refractivity contribution in [3.63, 3.8) is 0 Å². The van der Waals surface area contributed by atoms with Gasteiger partial charge in [0.2, 0.25) is 5.91 Å². The minimum absolute atomic E-state index is 0.0355. The summed E-state index contributed by atoms with van der Waals surface area (Å²) in [6.45, 7) is 0. The fourth-order valence-corrected chi connectivity index (χ4v) is 5.83. The largest absolute Gasteiger partial charge is 0.343 e. The lowest BCUT2D eigenvalue weighted by atomic mass is 9.97. The van der Waals surface area contributed by atoms with Crippen molar-refractivity contribution < 1.29 is 13.2 Å². The van der Waals surface area contributed by atoms with Crippen molar-refractivity contribution in [1.82, 2.24) is 10.2 Å². The third-order valence-corrected chi connectivity index (χ3v) is 7.02. The molecule has 3 saturated heterocycles. The lowest BCUT2D eigenvalue weighted by Crippen LogP contribution is -2.49. The van der Waals surface area contributed by atoms with E-state index in [0.717, 1.165) is 12.8 Å². The minimum atomic E-state index is -2.88. The van der Waals surface area contributed by atoms with E-state index in [9.17, 15) is 13.2 Å². The molecule has 114 valence electrons. The van der Waals surface area contributed by atoms with Crippen LogP contribution in [0, 0.1) is 5.92 Å². The van der Waals surface area contributed by atoms with Gasteiger partial charge in [-0.15, -0.1) is 0 Å². The summed E-state index contributed by atoms with van der Waals surface area (Å²) < 4.78 is 22.9. The van der Waals surface area contributed by atoms with Crippen molar-refractivity contribution in [2.75, 3.05) is 18.6 Å². The van der Waals surface area contributed by atoms with Gasteiger partial charge in [-0.2, -0.15) is 0 Å². The first-order valence-corrected chi connectivity index (χ1v) is 9.47.